The van der Waals surface area contributed by atoms with Gasteiger partial charge in [-0.25, -0.2) is 9.67 Å². The molecular weight excluding hydrogens is 268 g/mol. The van der Waals surface area contributed by atoms with E-state index in [4.69, 9.17) is 17.3 Å². The molecule has 0 spiro atoms. The first kappa shape index (κ1) is 13.3. The molecule has 2 heterocycles. The van der Waals surface area contributed by atoms with Gasteiger partial charge in [-0.1, -0.05) is 0 Å². The van der Waals surface area contributed by atoms with Crippen LogP contribution >= 0.6 is 11.6 Å². The van der Waals surface area contributed by atoms with Crippen molar-refractivity contribution in [2.75, 3.05) is 19.8 Å². The summed E-state index contributed by atoms with van der Waals surface area (Å²) >= 11 is 5.80. The number of carbonyl (C=O) groups excluding carboxylic acids is 1. The minimum absolute atomic E-state index is 0.0812. The quantitative estimate of drug-likeness (QED) is 0.826. The zero-order chi connectivity index (χ0) is 14.2. The van der Waals surface area contributed by atoms with Crippen molar-refractivity contribution in [1.29, 1.82) is 0 Å². The number of amides is 1. The van der Waals surface area contributed by atoms with Gasteiger partial charge in [0.2, 0.25) is 5.28 Å². The van der Waals surface area contributed by atoms with Gasteiger partial charge in [-0.2, -0.15) is 10.1 Å². The minimum atomic E-state index is -0.200. The molecule has 0 unspecified atom stereocenters. The second kappa shape index (κ2) is 4.85. The van der Waals surface area contributed by atoms with Gasteiger partial charge in [-0.3, -0.25) is 4.79 Å². The summed E-state index contributed by atoms with van der Waals surface area (Å²) < 4.78 is 1.41. The van der Waals surface area contributed by atoms with Crippen molar-refractivity contribution in [3.8, 4) is 5.82 Å². The fourth-order valence-corrected chi connectivity index (χ4v) is 1.70. The lowest BCUT2D eigenvalue weighted by Gasteiger charge is -2.08. The Bertz CT molecular complexity index is 636. The Morgan fingerprint density at radius 2 is 2.11 bits per heavy atom. The third-order valence-electron chi connectivity index (χ3n) is 2.52. The van der Waals surface area contributed by atoms with E-state index in [1.165, 1.54) is 9.58 Å². The molecule has 0 fully saturated rings. The highest BCUT2D eigenvalue weighted by Gasteiger charge is 2.15. The molecular formula is C11H13ClN6O. The largest absolute Gasteiger partial charge is 0.394 e. The van der Waals surface area contributed by atoms with E-state index in [2.05, 4.69) is 15.1 Å². The summed E-state index contributed by atoms with van der Waals surface area (Å²) in [5.41, 5.74) is 7.12. The van der Waals surface area contributed by atoms with Crippen LogP contribution in [-0.2, 0) is 0 Å². The number of rotatable bonds is 2. The second-order valence-corrected chi connectivity index (χ2v) is 4.50. The van der Waals surface area contributed by atoms with Gasteiger partial charge in [0.05, 0.1) is 11.4 Å². The predicted molar refractivity (Wildman–Crippen MR) is 71.3 cm³/mol. The summed E-state index contributed by atoms with van der Waals surface area (Å²) in [6, 6.07) is 1.59. The monoisotopic (exact) mass is 280 g/mol. The lowest BCUT2D eigenvalue weighted by Crippen LogP contribution is -2.22. The van der Waals surface area contributed by atoms with Gasteiger partial charge in [0.1, 0.15) is 0 Å². The Morgan fingerprint density at radius 3 is 2.74 bits per heavy atom. The average molecular weight is 281 g/mol. The standard InChI is InChI=1S/C11H13ClN6O/c1-6-8(13)9(15-11(12)14-6)18-5-4-7(16-18)10(19)17(2)3/h4-5H,13H2,1-3H3. The van der Waals surface area contributed by atoms with Crippen LogP contribution in [0.25, 0.3) is 5.82 Å². The number of hydrogen-bond acceptors (Lipinski definition) is 5. The van der Waals surface area contributed by atoms with Crippen molar-refractivity contribution in [2.45, 2.75) is 6.92 Å². The number of aryl methyl sites for hydroxylation is 1. The maximum atomic E-state index is 11.8. The smallest absolute Gasteiger partial charge is 0.273 e. The first-order valence-corrected chi connectivity index (χ1v) is 5.85. The van der Waals surface area contributed by atoms with Crippen molar-refractivity contribution in [3.05, 3.63) is 28.9 Å². The van der Waals surface area contributed by atoms with Crippen LogP contribution in [-0.4, -0.2) is 44.7 Å². The maximum absolute atomic E-state index is 11.8. The van der Waals surface area contributed by atoms with Crippen LogP contribution < -0.4 is 5.73 Å². The zero-order valence-corrected chi connectivity index (χ0v) is 11.5. The molecule has 0 saturated heterocycles. The van der Waals surface area contributed by atoms with E-state index in [-0.39, 0.29) is 11.2 Å². The van der Waals surface area contributed by atoms with Crippen LogP contribution in [0.1, 0.15) is 16.2 Å². The average Bonchev–Trinajstić information content (AvgIpc) is 2.81. The molecule has 2 aromatic heterocycles. The molecule has 8 heteroatoms. The molecule has 2 rings (SSSR count). The molecule has 2 aromatic rings. The molecule has 0 radical (unpaired) electrons. The molecule has 2 N–H and O–H groups in total. The van der Waals surface area contributed by atoms with E-state index >= 15 is 0 Å². The third-order valence-corrected chi connectivity index (χ3v) is 2.69. The number of nitrogens with two attached hydrogens (primary N) is 1. The van der Waals surface area contributed by atoms with E-state index in [9.17, 15) is 4.79 Å². The van der Waals surface area contributed by atoms with Gasteiger partial charge in [-0.15, -0.1) is 0 Å². The normalized spacial score (nSPS) is 10.5. The minimum Gasteiger partial charge on any atom is -0.394 e. The van der Waals surface area contributed by atoms with E-state index < -0.39 is 0 Å². The van der Waals surface area contributed by atoms with Crippen LogP contribution in [0.3, 0.4) is 0 Å². The summed E-state index contributed by atoms with van der Waals surface area (Å²) in [5.74, 6) is 0.157. The van der Waals surface area contributed by atoms with Crippen LogP contribution in [0.4, 0.5) is 5.69 Å². The van der Waals surface area contributed by atoms with Crippen molar-refractivity contribution < 1.29 is 4.79 Å². The summed E-state index contributed by atoms with van der Waals surface area (Å²) in [7, 11) is 3.31. The van der Waals surface area contributed by atoms with Gasteiger partial charge in [-0.05, 0) is 24.6 Å². The van der Waals surface area contributed by atoms with Crippen LogP contribution in [0.15, 0.2) is 12.3 Å². The number of anilines is 1. The topological polar surface area (TPSA) is 89.9 Å². The third kappa shape index (κ3) is 2.50. The molecule has 0 aliphatic heterocycles. The fraction of sp³-hybridized carbons (Fsp3) is 0.273. The highest BCUT2D eigenvalue weighted by Crippen LogP contribution is 2.19. The number of nitrogen functional groups attached to an aromatic ring is 1. The highest BCUT2D eigenvalue weighted by atomic mass is 35.5. The van der Waals surface area contributed by atoms with Gasteiger partial charge < -0.3 is 10.6 Å². The summed E-state index contributed by atoms with van der Waals surface area (Å²) in [6.07, 6.45) is 1.60. The highest BCUT2D eigenvalue weighted by molar-refractivity contribution is 6.28. The molecule has 0 aliphatic rings. The van der Waals surface area contributed by atoms with E-state index in [1.54, 1.807) is 33.3 Å². The molecule has 0 atom stereocenters. The maximum Gasteiger partial charge on any atom is 0.273 e. The molecule has 0 aromatic carbocycles. The molecule has 19 heavy (non-hydrogen) atoms. The number of aromatic nitrogens is 4. The van der Waals surface area contributed by atoms with Crippen molar-refractivity contribution in [2.24, 2.45) is 0 Å². The Hall–Kier alpha value is -2.15. The summed E-state index contributed by atoms with van der Waals surface area (Å²) in [4.78, 5) is 21.2. The van der Waals surface area contributed by atoms with Gasteiger partial charge in [0.25, 0.3) is 5.91 Å². The first-order chi connectivity index (χ1) is 8.90. The Morgan fingerprint density at radius 1 is 1.42 bits per heavy atom. The summed E-state index contributed by atoms with van der Waals surface area (Å²) in [6.45, 7) is 1.72. The lowest BCUT2D eigenvalue weighted by molar-refractivity contribution is 0.0821. The number of hydrogen-bond donors (Lipinski definition) is 1. The van der Waals surface area contributed by atoms with Crippen LogP contribution in [0.2, 0.25) is 5.28 Å². The Balaban J connectivity index is 2.47. The second-order valence-electron chi connectivity index (χ2n) is 4.16. The lowest BCUT2D eigenvalue weighted by atomic mass is 10.3. The van der Waals surface area contributed by atoms with E-state index in [0.29, 0.717) is 22.9 Å². The number of nitrogens with zero attached hydrogens (tertiary/aromatic N) is 5. The summed E-state index contributed by atoms with van der Waals surface area (Å²) in [5, 5.41) is 4.22. The number of halogens is 1. The van der Waals surface area contributed by atoms with Gasteiger partial charge >= 0.3 is 0 Å². The van der Waals surface area contributed by atoms with Gasteiger partial charge in [0.15, 0.2) is 11.5 Å². The number of carbonyl (C=O) groups is 1. The fourth-order valence-electron chi connectivity index (χ4n) is 1.49. The van der Waals surface area contributed by atoms with E-state index in [1.807, 2.05) is 0 Å². The Labute approximate surface area is 115 Å². The molecule has 0 bridgehead atoms. The van der Waals surface area contributed by atoms with Crippen molar-refractivity contribution >= 4 is 23.2 Å². The molecule has 7 nitrogen and oxygen atoms in total. The SMILES string of the molecule is Cc1nc(Cl)nc(-n2ccc(C(=O)N(C)C)n2)c1N. The molecule has 100 valence electrons. The van der Waals surface area contributed by atoms with Crippen LogP contribution in [0, 0.1) is 6.92 Å². The van der Waals surface area contributed by atoms with Crippen molar-refractivity contribution in [3.63, 3.8) is 0 Å². The Kier molecular flexibility index (Phi) is 3.39. The van der Waals surface area contributed by atoms with E-state index in [0.717, 1.165) is 0 Å². The zero-order valence-electron chi connectivity index (χ0n) is 10.8. The molecule has 0 saturated carbocycles. The first-order valence-electron chi connectivity index (χ1n) is 5.47. The molecule has 1 amide bonds. The molecule has 0 aliphatic carbocycles. The van der Waals surface area contributed by atoms with Gasteiger partial charge in [0, 0.05) is 20.3 Å². The predicted octanol–water partition coefficient (Wildman–Crippen LogP) is 0.908. The van der Waals surface area contributed by atoms with Crippen molar-refractivity contribution in [1.82, 2.24) is 24.6 Å². The van der Waals surface area contributed by atoms with Crippen LogP contribution in [0.5, 0.6) is 0 Å².